The number of nitrogens with one attached hydrogen (secondary N) is 1. The number of likely N-dealkylation sites (N-methyl/N-ethyl adjacent to an activating group) is 1. The van der Waals surface area contributed by atoms with E-state index < -0.39 is 0 Å². The van der Waals surface area contributed by atoms with Crippen LogP contribution in [0.5, 0.6) is 0 Å². The second-order valence-electron chi connectivity index (χ2n) is 4.38. The lowest BCUT2D eigenvalue weighted by Crippen LogP contribution is -2.32. The molecule has 72 valence electrons. The summed E-state index contributed by atoms with van der Waals surface area (Å²) in [5.41, 5.74) is 0. The van der Waals surface area contributed by atoms with Crippen molar-refractivity contribution < 1.29 is 0 Å². The maximum Gasteiger partial charge on any atom is 0.0207 e. The van der Waals surface area contributed by atoms with Crippen molar-refractivity contribution in [1.29, 1.82) is 0 Å². The zero-order valence-corrected chi connectivity index (χ0v) is 8.64. The summed E-state index contributed by atoms with van der Waals surface area (Å²) in [4.78, 5) is 2.40. The molecule has 2 nitrogen and oxygen atoms in total. The van der Waals surface area contributed by atoms with Gasteiger partial charge in [-0.25, -0.2) is 0 Å². The molecule has 2 heteroatoms. The molecule has 0 aromatic heterocycles. The Morgan fingerprint density at radius 1 is 1.50 bits per heavy atom. The molecule has 0 bridgehead atoms. The quantitative estimate of drug-likeness (QED) is 0.684. The van der Waals surface area contributed by atoms with E-state index in [1.54, 1.807) is 0 Å². The van der Waals surface area contributed by atoms with Gasteiger partial charge in [0.05, 0.1) is 0 Å². The Balaban J connectivity index is 2.00. The monoisotopic (exact) mass is 170 g/mol. The largest absolute Gasteiger partial charge is 0.313 e. The van der Waals surface area contributed by atoms with Gasteiger partial charge in [-0.2, -0.15) is 0 Å². The second-order valence-corrected chi connectivity index (χ2v) is 4.38. The Kier molecular flexibility index (Phi) is 4.02. The van der Waals surface area contributed by atoms with Gasteiger partial charge in [-0.05, 0) is 38.9 Å². The van der Waals surface area contributed by atoms with E-state index >= 15 is 0 Å². The van der Waals surface area contributed by atoms with Crippen molar-refractivity contribution in [1.82, 2.24) is 10.2 Å². The average Bonchev–Trinajstić information content (AvgIpc) is 2.35. The minimum atomic E-state index is 0.758. The SMILES string of the molecule is CC(C)CCNC1CCN(C)C1. The molecule has 1 heterocycles. The Morgan fingerprint density at radius 3 is 2.75 bits per heavy atom. The Hall–Kier alpha value is -0.0800. The van der Waals surface area contributed by atoms with Crippen LogP contribution in [-0.2, 0) is 0 Å². The molecular formula is C10H22N2. The molecule has 0 amide bonds. The normalized spacial score (nSPS) is 25.5. The zero-order chi connectivity index (χ0) is 8.97. The van der Waals surface area contributed by atoms with Crippen LogP contribution in [0.1, 0.15) is 26.7 Å². The molecule has 1 aliphatic rings. The lowest BCUT2D eigenvalue weighted by Gasteiger charge is -2.13. The predicted octanol–water partition coefficient (Wildman–Crippen LogP) is 1.33. The third kappa shape index (κ3) is 3.55. The topological polar surface area (TPSA) is 15.3 Å². The van der Waals surface area contributed by atoms with Crippen molar-refractivity contribution in [3.05, 3.63) is 0 Å². The van der Waals surface area contributed by atoms with E-state index in [1.165, 1.54) is 32.5 Å². The first-order valence-electron chi connectivity index (χ1n) is 5.10. The van der Waals surface area contributed by atoms with Crippen molar-refractivity contribution in [3.63, 3.8) is 0 Å². The number of hydrogen-bond acceptors (Lipinski definition) is 2. The highest BCUT2D eigenvalue weighted by atomic mass is 15.2. The fourth-order valence-corrected chi connectivity index (χ4v) is 1.68. The Bertz CT molecular complexity index is 123. The standard InChI is InChI=1S/C10H22N2/c1-9(2)4-6-11-10-5-7-12(3)8-10/h9-11H,4-8H2,1-3H3. The van der Waals surface area contributed by atoms with Crippen LogP contribution in [-0.4, -0.2) is 37.6 Å². The summed E-state index contributed by atoms with van der Waals surface area (Å²) in [6.45, 7) is 8.25. The first-order chi connectivity index (χ1) is 5.68. The van der Waals surface area contributed by atoms with Crippen LogP contribution in [0, 0.1) is 5.92 Å². The van der Waals surface area contributed by atoms with Crippen LogP contribution in [0.4, 0.5) is 0 Å². The van der Waals surface area contributed by atoms with Gasteiger partial charge in [-0.3, -0.25) is 0 Å². The molecule has 1 N–H and O–H groups in total. The van der Waals surface area contributed by atoms with Crippen LogP contribution in [0.25, 0.3) is 0 Å². The highest BCUT2D eigenvalue weighted by molar-refractivity contribution is 4.78. The molecule has 0 aromatic rings. The van der Waals surface area contributed by atoms with Crippen LogP contribution >= 0.6 is 0 Å². The molecule has 1 rings (SSSR count). The van der Waals surface area contributed by atoms with E-state index in [1.807, 2.05) is 0 Å². The van der Waals surface area contributed by atoms with Gasteiger partial charge in [-0.15, -0.1) is 0 Å². The molecule has 0 spiro atoms. The lowest BCUT2D eigenvalue weighted by atomic mass is 10.1. The van der Waals surface area contributed by atoms with Crippen LogP contribution in [0.3, 0.4) is 0 Å². The van der Waals surface area contributed by atoms with Crippen LogP contribution < -0.4 is 5.32 Å². The Morgan fingerprint density at radius 2 is 2.25 bits per heavy atom. The number of rotatable bonds is 4. The van der Waals surface area contributed by atoms with Gasteiger partial charge in [0, 0.05) is 12.6 Å². The molecule has 0 radical (unpaired) electrons. The van der Waals surface area contributed by atoms with Crippen molar-refractivity contribution >= 4 is 0 Å². The van der Waals surface area contributed by atoms with Gasteiger partial charge < -0.3 is 10.2 Å². The van der Waals surface area contributed by atoms with Gasteiger partial charge >= 0.3 is 0 Å². The maximum absolute atomic E-state index is 3.60. The van der Waals surface area contributed by atoms with Crippen molar-refractivity contribution in [2.75, 3.05) is 26.7 Å². The van der Waals surface area contributed by atoms with E-state index in [4.69, 9.17) is 0 Å². The highest BCUT2D eigenvalue weighted by Gasteiger charge is 2.17. The predicted molar refractivity (Wildman–Crippen MR) is 53.4 cm³/mol. The van der Waals surface area contributed by atoms with Gasteiger partial charge in [0.2, 0.25) is 0 Å². The lowest BCUT2D eigenvalue weighted by molar-refractivity contribution is 0.394. The number of hydrogen-bond donors (Lipinski definition) is 1. The molecule has 0 saturated carbocycles. The third-order valence-electron chi connectivity index (χ3n) is 2.55. The summed E-state index contributed by atoms with van der Waals surface area (Å²) >= 11 is 0. The smallest absolute Gasteiger partial charge is 0.0207 e. The maximum atomic E-state index is 3.60. The molecule has 0 aliphatic carbocycles. The van der Waals surface area contributed by atoms with E-state index in [9.17, 15) is 0 Å². The summed E-state index contributed by atoms with van der Waals surface area (Å²) < 4.78 is 0. The number of nitrogens with zero attached hydrogens (tertiary/aromatic N) is 1. The summed E-state index contributed by atoms with van der Waals surface area (Å²) in [5.74, 6) is 0.830. The van der Waals surface area contributed by atoms with E-state index in [-0.39, 0.29) is 0 Å². The van der Waals surface area contributed by atoms with Gasteiger partial charge in [-0.1, -0.05) is 13.8 Å². The van der Waals surface area contributed by atoms with Gasteiger partial charge in [0.1, 0.15) is 0 Å². The van der Waals surface area contributed by atoms with Crippen LogP contribution in [0.15, 0.2) is 0 Å². The first-order valence-corrected chi connectivity index (χ1v) is 5.10. The minimum Gasteiger partial charge on any atom is -0.313 e. The van der Waals surface area contributed by atoms with Crippen LogP contribution in [0.2, 0.25) is 0 Å². The summed E-state index contributed by atoms with van der Waals surface area (Å²) in [5, 5.41) is 3.60. The summed E-state index contributed by atoms with van der Waals surface area (Å²) in [6.07, 6.45) is 2.63. The van der Waals surface area contributed by atoms with Gasteiger partial charge in [0.25, 0.3) is 0 Å². The molecule has 12 heavy (non-hydrogen) atoms. The Labute approximate surface area is 76.3 Å². The molecule has 0 aromatic carbocycles. The number of likely N-dealkylation sites (tertiary alicyclic amines) is 1. The van der Waals surface area contributed by atoms with Crippen molar-refractivity contribution in [2.24, 2.45) is 5.92 Å². The third-order valence-corrected chi connectivity index (χ3v) is 2.55. The van der Waals surface area contributed by atoms with Crippen molar-refractivity contribution in [3.8, 4) is 0 Å². The summed E-state index contributed by atoms with van der Waals surface area (Å²) in [7, 11) is 2.20. The fourth-order valence-electron chi connectivity index (χ4n) is 1.68. The zero-order valence-electron chi connectivity index (χ0n) is 8.64. The average molecular weight is 170 g/mol. The molecule has 1 atom stereocenters. The molecule has 1 aliphatic heterocycles. The highest BCUT2D eigenvalue weighted by Crippen LogP contribution is 2.06. The van der Waals surface area contributed by atoms with E-state index in [0.717, 1.165) is 12.0 Å². The molecule has 1 fully saturated rings. The van der Waals surface area contributed by atoms with E-state index in [0.29, 0.717) is 0 Å². The molecular weight excluding hydrogens is 148 g/mol. The second kappa shape index (κ2) is 4.83. The van der Waals surface area contributed by atoms with Gasteiger partial charge in [0.15, 0.2) is 0 Å². The first kappa shape index (κ1) is 10.0. The fraction of sp³-hybridized carbons (Fsp3) is 1.00. The molecule has 1 unspecified atom stereocenters. The minimum absolute atomic E-state index is 0.758. The van der Waals surface area contributed by atoms with Crippen molar-refractivity contribution in [2.45, 2.75) is 32.7 Å². The van der Waals surface area contributed by atoms with E-state index in [2.05, 4.69) is 31.1 Å². The molecule has 1 saturated heterocycles. The summed E-state index contributed by atoms with van der Waals surface area (Å²) in [6, 6.07) is 0.758.